The van der Waals surface area contributed by atoms with Crippen LogP contribution in [-0.2, 0) is 5.41 Å². The van der Waals surface area contributed by atoms with Gasteiger partial charge in [0.05, 0.1) is 0 Å². The third-order valence-electron chi connectivity index (χ3n) is 5.25. The van der Waals surface area contributed by atoms with Crippen molar-refractivity contribution in [3.05, 3.63) is 48.0 Å². The highest BCUT2D eigenvalue weighted by atomic mass is 16.3. The Morgan fingerprint density at radius 2 is 1.86 bits per heavy atom. The SMILES string of the molecule is CCCCCC[C@@]1(c2cccc3ccccc23)C[C@@H]1CO. The zero-order valence-electron chi connectivity index (χ0n) is 13.0. The fourth-order valence-electron chi connectivity index (χ4n) is 3.92. The van der Waals surface area contributed by atoms with Gasteiger partial charge in [-0.25, -0.2) is 0 Å². The molecule has 2 aromatic carbocycles. The molecule has 0 saturated heterocycles. The highest BCUT2D eigenvalue weighted by Crippen LogP contribution is 2.58. The normalized spacial score (nSPS) is 24.4. The topological polar surface area (TPSA) is 20.2 Å². The van der Waals surface area contributed by atoms with E-state index < -0.39 is 0 Å². The molecule has 0 amide bonds. The smallest absolute Gasteiger partial charge is 0.0468 e. The van der Waals surface area contributed by atoms with Crippen LogP contribution in [0.1, 0.15) is 51.0 Å². The maximum Gasteiger partial charge on any atom is 0.0468 e. The lowest BCUT2D eigenvalue weighted by Crippen LogP contribution is -2.13. The number of hydrogen-bond acceptors (Lipinski definition) is 1. The van der Waals surface area contributed by atoms with Crippen molar-refractivity contribution in [1.82, 2.24) is 0 Å². The molecule has 0 heterocycles. The van der Waals surface area contributed by atoms with E-state index in [-0.39, 0.29) is 5.41 Å². The molecule has 112 valence electrons. The van der Waals surface area contributed by atoms with Crippen LogP contribution in [0, 0.1) is 5.92 Å². The summed E-state index contributed by atoms with van der Waals surface area (Å²) in [6.07, 6.45) is 7.60. The van der Waals surface area contributed by atoms with Crippen LogP contribution >= 0.6 is 0 Å². The van der Waals surface area contributed by atoms with Crippen molar-refractivity contribution in [3.63, 3.8) is 0 Å². The van der Waals surface area contributed by atoms with E-state index in [1.165, 1.54) is 48.4 Å². The minimum Gasteiger partial charge on any atom is -0.396 e. The zero-order chi connectivity index (χ0) is 14.7. The Labute approximate surface area is 128 Å². The van der Waals surface area contributed by atoms with Crippen LogP contribution in [0.5, 0.6) is 0 Å². The first-order valence-corrected chi connectivity index (χ1v) is 8.41. The van der Waals surface area contributed by atoms with Crippen LogP contribution in [0.2, 0.25) is 0 Å². The van der Waals surface area contributed by atoms with Gasteiger partial charge in [-0.2, -0.15) is 0 Å². The molecule has 1 N–H and O–H groups in total. The van der Waals surface area contributed by atoms with E-state index in [0.29, 0.717) is 12.5 Å². The summed E-state index contributed by atoms with van der Waals surface area (Å²) in [6.45, 7) is 2.59. The molecule has 1 fully saturated rings. The van der Waals surface area contributed by atoms with Crippen molar-refractivity contribution in [2.45, 2.75) is 50.9 Å². The number of aliphatic hydroxyl groups is 1. The quantitative estimate of drug-likeness (QED) is 0.704. The second kappa shape index (κ2) is 6.19. The molecule has 0 radical (unpaired) electrons. The van der Waals surface area contributed by atoms with Gasteiger partial charge in [-0.15, -0.1) is 0 Å². The summed E-state index contributed by atoms with van der Waals surface area (Å²) in [5.74, 6) is 0.463. The predicted molar refractivity (Wildman–Crippen MR) is 89.6 cm³/mol. The number of fused-ring (bicyclic) bond motifs is 1. The minimum absolute atomic E-state index is 0.239. The third-order valence-corrected chi connectivity index (χ3v) is 5.25. The Hall–Kier alpha value is -1.34. The lowest BCUT2D eigenvalue weighted by Gasteiger charge is -2.20. The number of aliphatic hydroxyl groups excluding tert-OH is 1. The number of benzene rings is 2. The maximum absolute atomic E-state index is 9.68. The second-order valence-corrected chi connectivity index (χ2v) is 6.58. The highest BCUT2D eigenvalue weighted by molar-refractivity contribution is 5.87. The molecule has 1 nitrogen and oxygen atoms in total. The van der Waals surface area contributed by atoms with Gasteiger partial charge in [-0.1, -0.05) is 75.1 Å². The largest absolute Gasteiger partial charge is 0.396 e. The van der Waals surface area contributed by atoms with E-state index in [9.17, 15) is 5.11 Å². The lowest BCUT2D eigenvalue weighted by molar-refractivity contribution is 0.260. The van der Waals surface area contributed by atoms with Crippen LogP contribution in [-0.4, -0.2) is 11.7 Å². The lowest BCUT2D eigenvalue weighted by atomic mass is 9.84. The molecule has 2 aromatic rings. The van der Waals surface area contributed by atoms with E-state index in [1.807, 2.05) is 0 Å². The summed E-state index contributed by atoms with van der Waals surface area (Å²) < 4.78 is 0. The fraction of sp³-hybridized carbons (Fsp3) is 0.500. The van der Waals surface area contributed by atoms with Gasteiger partial charge >= 0.3 is 0 Å². The molecule has 2 atom stereocenters. The van der Waals surface area contributed by atoms with Crippen LogP contribution < -0.4 is 0 Å². The van der Waals surface area contributed by atoms with Gasteiger partial charge in [-0.05, 0) is 35.1 Å². The van der Waals surface area contributed by atoms with Gasteiger partial charge in [0, 0.05) is 12.0 Å². The molecular weight excluding hydrogens is 256 g/mol. The molecule has 1 saturated carbocycles. The summed E-state index contributed by atoms with van der Waals surface area (Å²) in [4.78, 5) is 0. The summed E-state index contributed by atoms with van der Waals surface area (Å²) >= 11 is 0. The van der Waals surface area contributed by atoms with Crippen LogP contribution in [0.15, 0.2) is 42.5 Å². The molecule has 1 aliphatic rings. The van der Waals surface area contributed by atoms with Crippen LogP contribution in [0.4, 0.5) is 0 Å². The van der Waals surface area contributed by atoms with Crippen molar-refractivity contribution < 1.29 is 5.11 Å². The van der Waals surface area contributed by atoms with E-state index >= 15 is 0 Å². The Balaban J connectivity index is 1.90. The number of hydrogen-bond donors (Lipinski definition) is 1. The monoisotopic (exact) mass is 282 g/mol. The van der Waals surface area contributed by atoms with Crippen LogP contribution in [0.25, 0.3) is 10.8 Å². The maximum atomic E-state index is 9.68. The van der Waals surface area contributed by atoms with Crippen molar-refractivity contribution >= 4 is 10.8 Å². The first-order chi connectivity index (χ1) is 10.3. The zero-order valence-corrected chi connectivity index (χ0v) is 13.0. The van der Waals surface area contributed by atoms with Crippen molar-refractivity contribution in [2.24, 2.45) is 5.92 Å². The summed E-state index contributed by atoms with van der Waals surface area (Å²) in [5.41, 5.74) is 1.71. The van der Waals surface area contributed by atoms with Gasteiger partial charge < -0.3 is 5.11 Å². The molecule has 0 bridgehead atoms. The van der Waals surface area contributed by atoms with E-state index in [4.69, 9.17) is 0 Å². The Bertz CT molecular complexity index is 598. The average molecular weight is 282 g/mol. The molecule has 0 unspecified atom stereocenters. The molecular formula is C20H26O. The van der Waals surface area contributed by atoms with Gasteiger partial charge in [0.25, 0.3) is 0 Å². The van der Waals surface area contributed by atoms with Gasteiger partial charge in [0.15, 0.2) is 0 Å². The standard InChI is InChI=1S/C20H26O/c1-2-3-4-7-13-20(14-17(20)15-21)19-12-8-10-16-9-5-6-11-18(16)19/h5-6,8-12,17,21H,2-4,7,13-15H2,1H3/t17-,20-/m1/s1. The van der Waals surface area contributed by atoms with Crippen LogP contribution in [0.3, 0.4) is 0 Å². The minimum atomic E-state index is 0.239. The second-order valence-electron chi connectivity index (χ2n) is 6.58. The van der Waals surface area contributed by atoms with Gasteiger partial charge in [0.1, 0.15) is 0 Å². The van der Waals surface area contributed by atoms with Gasteiger partial charge in [-0.3, -0.25) is 0 Å². The molecule has 1 heteroatoms. The van der Waals surface area contributed by atoms with Crippen molar-refractivity contribution in [1.29, 1.82) is 0 Å². The summed E-state index contributed by atoms with van der Waals surface area (Å²) in [5, 5.41) is 12.4. The number of rotatable bonds is 7. The predicted octanol–water partition coefficient (Wildman–Crippen LogP) is 5.06. The molecule has 1 aliphatic carbocycles. The average Bonchev–Trinajstić information content (AvgIpc) is 3.26. The van der Waals surface area contributed by atoms with Crippen molar-refractivity contribution in [3.8, 4) is 0 Å². The number of unbranched alkanes of at least 4 members (excludes halogenated alkanes) is 3. The Morgan fingerprint density at radius 3 is 2.62 bits per heavy atom. The van der Waals surface area contributed by atoms with E-state index in [0.717, 1.165) is 6.42 Å². The summed E-state index contributed by atoms with van der Waals surface area (Å²) in [6, 6.07) is 15.3. The molecule has 3 rings (SSSR count). The molecule has 0 aliphatic heterocycles. The highest BCUT2D eigenvalue weighted by Gasteiger charge is 2.54. The summed E-state index contributed by atoms with van der Waals surface area (Å²) in [7, 11) is 0. The molecule has 0 aromatic heterocycles. The Morgan fingerprint density at radius 1 is 1.05 bits per heavy atom. The first kappa shape index (κ1) is 14.6. The fourth-order valence-corrected chi connectivity index (χ4v) is 3.92. The third kappa shape index (κ3) is 2.72. The van der Waals surface area contributed by atoms with E-state index in [1.54, 1.807) is 0 Å². The molecule has 21 heavy (non-hydrogen) atoms. The van der Waals surface area contributed by atoms with Gasteiger partial charge in [0.2, 0.25) is 0 Å². The first-order valence-electron chi connectivity index (χ1n) is 8.41. The van der Waals surface area contributed by atoms with Crippen molar-refractivity contribution in [2.75, 3.05) is 6.61 Å². The Kier molecular flexibility index (Phi) is 4.30. The van der Waals surface area contributed by atoms with E-state index in [2.05, 4.69) is 49.4 Å². The molecule has 0 spiro atoms.